The minimum absolute atomic E-state index is 0.703. The first-order valence-electron chi connectivity index (χ1n) is 5.19. The lowest BCUT2D eigenvalue weighted by atomic mass is 10.2. The highest BCUT2D eigenvalue weighted by Crippen LogP contribution is 2.03. The molecule has 1 unspecified atom stereocenters. The average Bonchev–Trinajstić information content (AvgIpc) is 2.50. The summed E-state index contributed by atoms with van der Waals surface area (Å²) in [4.78, 5) is 0. The lowest BCUT2D eigenvalue weighted by Crippen LogP contribution is -2.23. The molecule has 0 aliphatic carbocycles. The quantitative estimate of drug-likeness (QED) is 0.795. The predicted molar refractivity (Wildman–Crippen MR) is 65.0 cm³/mol. The average molecular weight is 228 g/mol. The summed E-state index contributed by atoms with van der Waals surface area (Å²) in [7, 11) is 2.00. The second kappa shape index (κ2) is 6.12. The Balaban J connectivity index is 2.29. The Morgan fingerprint density at radius 3 is 2.73 bits per heavy atom. The largest absolute Gasteiger partial charge is 0.317 e. The van der Waals surface area contributed by atoms with Crippen LogP contribution in [-0.4, -0.2) is 33.3 Å². The molecule has 1 aromatic rings. The number of hydrogen-bond acceptors (Lipinski definition) is 4. The van der Waals surface area contributed by atoms with Crippen molar-refractivity contribution < 1.29 is 0 Å². The monoisotopic (exact) mass is 228 g/mol. The third-order valence-electron chi connectivity index (χ3n) is 2.41. The number of aromatic nitrogens is 3. The van der Waals surface area contributed by atoms with Crippen LogP contribution in [0.15, 0.2) is 0 Å². The van der Waals surface area contributed by atoms with Gasteiger partial charge in [0.25, 0.3) is 0 Å². The Morgan fingerprint density at radius 2 is 2.20 bits per heavy atom. The van der Waals surface area contributed by atoms with Gasteiger partial charge in [-0.15, -0.1) is 10.2 Å². The topological polar surface area (TPSA) is 42.7 Å². The van der Waals surface area contributed by atoms with E-state index in [-0.39, 0.29) is 0 Å². The summed E-state index contributed by atoms with van der Waals surface area (Å²) in [6.45, 7) is 6.06. The Morgan fingerprint density at radius 1 is 1.47 bits per heavy atom. The summed E-state index contributed by atoms with van der Waals surface area (Å²) in [5.74, 6) is 3.87. The van der Waals surface area contributed by atoms with Crippen LogP contribution in [0.5, 0.6) is 0 Å². The molecule has 5 heteroatoms. The van der Waals surface area contributed by atoms with E-state index in [9.17, 15) is 0 Å². The molecule has 0 aromatic carbocycles. The van der Waals surface area contributed by atoms with E-state index in [0.29, 0.717) is 5.92 Å². The number of nitrogens with zero attached hydrogens (tertiary/aromatic N) is 3. The van der Waals surface area contributed by atoms with E-state index in [0.717, 1.165) is 24.7 Å². The van der Waals surface area contributed by atoms with Crippen LogP contribution in [0.1, 0.15) is 18.6 Å². The van der Waals surface area contributed by atoms with Gasteiger partial charge in [-0.05, 0) is 31.4 Å². The highest BCUT2D eigenvalue weighted by atomic mass is 32.2. The fourth-order valence-electron chi connectivity index (χ4n) is 1.38. The normalized spacial score (nSPS) is 13.1. The van der Waals surface area contributed by atoms with Gasteiger partial charge in [0.05, 0.1) is 6.54 Å². The van der Waals surface area contributed by atoms with Crippen LogP contribution in [0.4, 0.5) is 0 Å². The molecule has 0 aliphatic rings. The van der Waals surface area contributed by atoms with Crippen molar-refractivity contribution in [2.45, 2.75) is 20.4 Å². The first kappa shape index (κ1) is 12.5. The Labute approximate surface area is 95.9 Å². The third kappa shape index (κ3) is 3.83. The molecule has 0 aliphatic heterocycles. The van der Waals surface area contributed by atoms with Gasteiger partial charge in [0.2, 0.25) is 0 Å². The van der Waals surface area contributed by atoms with E-state index >= 15 is 0 Å². The molecule has 1 aromatic heterocycles. The fourth-order valence-corrected chi connectivity index (χ4v) is 2.07. The van der Waals surface area contributed by atoms with Gasteiger partial charge in [-0.2, -0.15) is 11.8 Å². The van der Waals surface area contributed by atoms with Crippen molar-refractivity contribution in [3.8, 4) is 0 Å². The van der Waals surface area contributed by atoms with Crippen LogP contribution in [-0.2, 0) is 13.6 Å². The Kier molecular flexibility index (Phi) is 5.11. The van der Waals surface area contributed by atoms with Gasteiger partial charge in [-0.25, -0.2) is 0 Å². The minimum atomic E-state index is 0.703. The van der Waals surface area contributed by atoms with Gasteiger partial charge in [0.15, 0.2) is 0 Å². The molecule has 0 bridgehead atoms. The third-order valence-corrected chi connectivity index (χ3v) is 3.31. The van der Waals surface area contributed by atoms with Crippen LogP contribution >= 0.6 is 11.8 Å². The number of nitrogens with one attached hydrogen (secondary N) is 1. The molecule has 15 heavy (non-hydrogen) atoms. The molecule has 1 rings (SSSR count). The molecule has 0 saturated heterocycles. The zero-order valence-electron chi connectivity index (χ0n) is 9.95. The summed E-state index contributed by atoms with van der Waals surface area (Å²) in [6.07, 6.45) is 2.14. The molecule has 4 nitrogen and oxygen atoms in total. The first-order valence-corrected chi connectivity index (χ1v) is 6.59. The summed E-state index contributed by atoms with van der Waals surface area (Å²) in [6, 6.07) is 0. The molecule has 1 N–H and O–H groups in total. The van der Waals surface area contributed by atoms with Crippen LogP contribution in [0.3, 0.4) is 0 Å². The van der Waals surface area contributed by atoms with Crippen molar-refractivity contribution >= 4 is 11.8 Å². The zero-order valence-corrected chi connectivity index (χ0v) is 10.8. The molecule has 1 atom stereocenters. The zero-order chi connectivity index (χ0) is 11.3. The van der Waals surface area contributed by atoms with Crippen molar-refractivity contribution in [3.63, 3.8) is 0 Å². The van der Waals surface area contributed by atoms with Crippen molar-refractivity contribution in [2.24, 2.45) is 13.0 Å². The highest BCUT2D eigenvalue weighted by molar-refractivity contribution is 7.98. The Bertz CT molecular complexity index is 298. The molecule has 86 valence electrons. The van der Waals surface area contributed by atoms with Crippen molar-refractivity contribution in [3.05, 3.63) is 11.6 Å². The number of thioether (sulfide) groups is 1. The van der Waals surface area contributed by atoms with Crippen molar-refractivity contribution in [2.75, 3.05) is 18.6 Å². The van der Waals surface area contributed by atoms with Gasteiger partial charge in [-0.3, -0.25) is 0 Å². The highest BCUT2D eigenvalue weighted by Gasteiger charge is 2.05. The standard InChI is InChI=1S/C10H20N4S/c1-8(7-15-4)5-11-6-10-13-12-9(2)14(10)3/h8,11H,5-7H2,1-4H3. The lowest BCUT2D eigenvalue weighted by Gasteiger charge is -2.10. The maximum Gasteiger partial charge on any atom is 0.146 e. The first-order chi connectivity index (χ1) is 7.15. The molecule has 0 radical (unpaired) electrons. The van der Waals surface area contributed by atoms with Crippen LogP contribution < -0.4 is 5.32 Å². The van der Waals surface area contributed by atoms with Gasteiger partial charge >= 0.3 is 0 Å². The van der Waals surface area contributed by atoms with E-state index in [1.165, 1.54) is 5.75 Å². The number of hydrogen-bond donors (Lipinski definition) is 1. The molecule has 0 saturated carbocycles. The fraction of sp³-hybridized carbons (Fsp3) is 0.800. The van der Waals surface area contributed by atoms with Gasteiger partial charge in [0, 0.05) is 7.05 Å². The van der Waals surface area contributed by atoms with E-state index in [4.69, 9.17) is 0 Å². The van der Waals surface area contributed by atoms with Crippen LogP contribution in [0.2, 0.25) is 0 Å². The minimum Gasteiger partial charge on any atom is -0.317 e. The van der Waals surface area contributed by atoms with Gasteiger partial charge in [-0.1, -0.05) is 6.92 Å². The molecule has 1 heterocycles. The van der Waals surface area contributed by atoms with Crippen LogP contribution in [0, 0.1) is 12.8 Å². The molecular formula is C10H20N4S. The summed E-state index contributed by atoms with van der Waals surface area (Å²) in [5, 5.41) is 11.5. The Hall–Kier alpha value is -0.550. The molecule has 0 spiro atoms. The number of aryl methyl sites for hydroxylation is 1. The summed E-state index contributed by atoms with van der Waals surface area (Å²) < 4.78 is 2.02. The molecule has 0 amide bonds. The van der Waals surface area contributed by atoms with Gasteiger partial charge < -0.3 is 9.88 Å². The predicted octanol–water partition coefficient (Wildman–Crippen LogP) is 1.21. The summed E-state index contributed by atoms with van der Waals surface area (Å²) in [5.41, 5.74) is 0. The molecule has 0 fully saturated rings. The van der Waals surface area contributed by atoms with E-state index < -0.39 is 0 Å². The smallest absolute Gasteiger partial charge is 0.146 e. The van der Waals surface area contributed by atoms with Crippen LogP contribution in [0.25, 0.3) is 0 Å². The second-order valence-electron chi connectivity index (χ2n) is 3.91. The summed E-state index contributed by atoms with van der Waals surface area (Å²) >= 11 is 1.89. The SMILES string of the molecule is CSCC(C)CNCc1nnc(C)n1C. The van der Waals surface area contributed by atoms with Gasteiger partial charge in [0.1, 0.15) is 11.6 Å². The van der Waals surface area contributed by atoms with E-state index in [1.54, 1.807) is 0 Å². The maximum atomic E-state index is 4.10. The molecular weight excluding hydrogens is 208 g/mol. The van der Waals surface area contributed by atoms with E-state index in [2.05, 4.69) is 28.7 Å². The second-order valence-corrected chi connectivity index (χ2v) is 4.82. The lowest BCUT2D eigenvalue weighted by molar-refractivity contribution is 0.541. The maximum absolute atomic E-state index is 4.10. The number of rotatable bonds is 6. The van der Waals surface area contributed by atoms with E-state index in [1.807, 2.05) is 30.3 Å². The van der Waals surface area contributed by atoms with Crippen molar-refractivity contribution in [1.29, 1.82) is 0 Å². The van der Waals surface area contributed by atoms with Crippen molar-refractivity contribution in [1.82, 2.24) is 20.1 Å².